The third-order valence-corrected chi connectivity index (χ3v) is 7.08. The van der Waals surface area contributed by atoms with Crippen LogP contribution in [0.15, 0.2) is 90.0 Å². The number of nitrogens with zero attached hydrogens (tertiary/aromatic N) is 2. The van der Waals surface area contributed by atoms with Gasteiger partial charge in [-0.3, -0.25) is 14.5 Å². The SMILES string of the molecule is O=C(c1ccccc1)N1CCc2ccc(NS(=O)(=O)c3cccc4cccnc34)cc2C1. The van der Waals surface area contributed by atoms with Gasteiger partial charge in [-0.2, -0.15) is 0 Å². The van der Waals surface area contributed by atoms with Gasteiger partial charge in [-0.15, -0.1) is 0 Å². The summed E-state index contributed by atoms with van der Waals surface area (Å²) < 4.78 is 28.9. The van der Waals surface area contributed by atoms with E-state index in [-0.39, 0.29) is 10.8 Å². The minimum Gasteiger partial charge on any atom is -0.334 e. The molecule has 1 N–H and O–H groups in total. The second-order valence-corrected chi connectivity index (χ2v) is 9.41. The van der Waals surface area contributed by atoms with Crippen molar-refractivity contribution >= 4 is 32.5 Å². The number of amides is 1. The van der Waals surface area contributed by atoms with Gasteiger partial charge in [-0.1, -0.05) is 42.5 Å². The van der Waals surface area contributed by atoms with Crippen LogP contribution in [0.1, 0.15) is 21.5 Å². The number of aromatic nitrogens is 1. The van der Waals surface area contributed by atoms with Crippen LogP contribution in [0.25, 0.3) is 10.9 Å². The van der Waals surface area contributed by atoms with Gasteiger partial charge in [0.25, 0.3) is 15.9 Å². The van der Waals surface area contributed by atoms with Gasteiger partial charge in [0.2, 0.25) is 0 Å². The molecule has 1 aliphatic heterocycles. The molecule has 0 fully saturated rings. The predicted octanol–water partition coefficient (Wildman–Crippen LogP) is 4.23. The highest BCUT2D eigenvalue weighted by Gasteiger charge is 2.23. The Morgan fingerprint density at radius 2 is 1.72 bits per heavy atom. The van der Waals surface area contributed by atoms with Crippen molar-refractivity contribution in [1.82, 2.24) is 9.88 Å². The van der Waals surface area contributed by atoms with Crippen LogP contribution in [0.3, 0.4) is 0 Å². The van der Waals surface area contributed by atoms with Gasteiger partial charge in [-0.05, 0) is 53.9 Å². The van der Waals surface area contributed by atoms with E-state index in [0.717, 1.165) is 22.9 Å². The molecule has 5 rings (SSSR count). The normalized spacial score (nSPS) is 13.6. The lowest BCUT2D eigenvalue weighted by molar-refractivity contribution is 0.0734. The molecule has 0 atom stereocenters. The lowest BCUT2D eigenvalue weighted by Crippen LogP contribution is -2.36. The number of sulfonamides is 1. The van der Waals surface area contributed by atoms with E-state index in [1.165, 1.54) is 0 Å². The van der Waals surface area contributed by atoms with Crippen molar-refractivity contribution < 1.29 is 13.2 Å². The van der Waals surface area contributed by atoms with Crippen molar-refractivity contribution in [1.29, 1.82) is 0 Å². The smallest absolute Gasteiger partial charge is 0.264 e. The van der Waals surface area contributed by atoms with Crippen molar-refractivity contribution in [3.8, 4) is 0 Å². The first kappa shape index (κ1) is 20.2. The summed E-state index contributed by atoms with van der Waals surface area (Å²) in [6.45, 7) is 1.07. The lowest BCUT2D eigenvalue weighted by atomic mass is 9.98. The molecule has 1 aromatic heterocycles. The summed E-state index contributed by atoms with van der Waals surface area (Å²) in [5, 5.41) is 0.760. The number of para-hydroxylation sites is 1. The van der Waals surface area contributed by atoms with Gasteiger partial charge in [0.1, 0.15) is 4.90 Å². The standard InChI is InChI=1S/C25H21N3O3S/c29-25(20-6-2-1-3-7-20)28-15-13-18-11-12-22(16-21(18)17-28)27-32(30,31)23-10-4-8-19-9-5-14-26-24(19)23/h1-12,14,16,27H,13,15,17H2. The van der Waals surface area contributed by atoms with Gasteiger partial charge in [0, 0.05) is 35.9 Å². The monoisotopic (exact) mass is 443 g/mol. The Balaban J connectivity index is 1.41. The van der Waals surface area contributed by atoms with Crippen LogP contribution in [-0.2, 0) is 23.0 Å². The second-order valence-electron chi connectivity index (χ2n) is 7.76. The molecule has 6 nitrogen and oxygen atoms in total. The molecule has 32 heavy (non-hydrogen) atoms. The first-order valence-corrected chi connectivity index (χ1v) is 11.8. The average molecular weight is 444 g/mol. The zero-order valence-corrected chi connectivity index (χ0v) is 18.0. The Morgan fingerprint density at radius 3 is 2.56 bits per heavy atom. The number of carbonyl (C=O) groups is 1. The van der Waals surface area contributed by atoms with Gasteiger partial charge in [0.05, 0.1) is 5.52 Å². The van der Waals surface area contributed by atoms with Crippen LogP contribution < -0.4 is 4.72 Å². The van der Waals surface area contributed by atoms with E-state index in [1.54, 1.807) is 47.5 Å². The van der Waals surface area contributed by atoms with E-state index < -0.39 is 10.0 Å². The van der Waals surface area contributed by atoms with Gasteiger partial charge in [-0.25, -0.2) is 8.42 Å². The molecule has 1 aliphatic rings. The minimum atomic E-state index is -3.83. The van der Waals surface area contributed by atoms with Crippen molar-refractivity contribution in [3.63, 3.8) is 0 Å². The zero-order valence-electron chi connectivity index (χ0n) is 17.2. The highest BCUT2D eigenvalue weighted by molar-refractivity contribution is 7.93. The molecule has 0 saturated heterocycles. The zero-order chi connectivity index (χ0) is 22.1. The Hall–Kier alpha value is -3.71. The van der Waals surface area contributed by atoms with Crippen LogP contribution in [0.5, 0.6) is 0 Å². The van der Waals surface area contributed by atoms with Crippen LogP contribution in [0.2, 0.25) is 0 Å². The molecule has 3 aromatic carbocycles. The summed E-state index contributed by atoms with van der Waals surface area (Å²) in [5.74, 6) is -0.0240. The molecule has 0 saturated carbocycles. The van der Waals surface area contributed by atoms with Crippen molar-refractivity contribution in [2.45, 2.75) is 17.9 Å². The topological polar surface area (TPSA) is 79.4 Å². The number of hydrogen-bond donors (Lipinski definition) is 1. The van der Waals surface area contributed by atoms with E-state index >= 15 is 0 Å². The lowest BCUT2D eigenvalue weighted by Gasteiger charge is -2.29. The first-order valence-electron chi connectivity index (χ1n) is 10.3. The minimum absolute atomic E-state index is 0.0240. The molecular weight excluding hydrogens is 422 g/mol. The molecule has 160 valence electrons. The summed E-state index contributed by atoms with van der Waals surface area (Å²) >= 11 is 0. The molecule has 0 bridgehead atoms. The summed E-state index contributed by atoms with van der Waals surface area (Å²) in [7, 11) is -3.83. The summed E-state index contributed by atoms with van der Waals surface area (Å²) in [4.78, 5) is 19.0. The van der Waals surface area contributed by atoms with Crippen molar-refractivity contribution in [3.05, 3.63) is 102 Å². The van der Waals surface area contributed by atoms with E-state index in [0.29, 0.717) is 29.9 Å². The number of benzene rings is 3. The molecule has 7 heteroatoms. The Kier molecular flexibility index (Phi) is 5.11. The molecular formula is C25H21N3O3S. The molecule has 4 aromatic rings. The highest BCUT2D eigenvalue weighted by atomic mass is 32.2. The maximum Gasteiger partial charge on any atom is 0.264 e. The number of nitrogens with one attached hydrogen (secondary N) is 1. The fraction of sp³-hybridized carbons (Fsp3) is 0.120. The summed E-state index contributed by atoms with van der Waals surface area (Å²) in [6, 6.07) is 23.4. The van der Waals surface area contributed by atoms with Crippen molar-refractivity contribution in [2.24, 2.45) is 0 Å². The molecule has 2 heterocycles. The third-order valence-electron chi connectivity index (χ3n) is 5.66. The van der Waals surface area contributed by atoms with Gasteiger partial charge >= 0.3 is 0 Å². The van der Waals surface area contributed by atoms with Gasteiger partial charge < -0.3 is 4.90 Å². The Bertz CT molecular complexity index is 1410. The molecule has 0 radical (unpaired) electrons. The van der Waals surface area contributed by atoms with Crippen LogP contribution in [-0.4, -0.2) is 30.8 Å². The Morgan fingerprint density at radius 1 is 0.906 bits per heavy atom. The number of hydrogen-bond acceptors (Lipinski definition) is 4. The molecule has 0 aliphatic carbocycles. The number of pyridine rings is 1. The first-order chi connectivity index (χ1) is 15.5. The summed E-state index contributed by atoms with van der Waals surface area (Å²) in [5.41, 5.74) is 3.61. The average Bonchev–Trinajstić information content (AvgIpc) is 2.83. The maximum atomic E-state index is 13.1. The number of carbonyl (C=O) groups excluding carboxylic acids is 1. The molecule has 0 unspecified atom stereocenters. The van der Waals surface area contributed by atoms with E-state index in [9.17, 15) is 13.2 Å². The van der Waals surface area contributed by atoms with Crippen LogP contribution >= 0.6 is 0 Å². The summed E-state index contributed by atoms with van der Waals surface area (Å²) in [6.07, 6.45) is 2.31. The molecule has 1 amide bonds. The van der Waals surface area contributed by atoms with Crippen LogP contribution in [0.4, 0.5) is 5.69 Å². The number of fused-ring (bicyclic) bond motifs is 2. The van der Waals surface area contributed by atoms with Gasteiger partial charge in [0.15, 0.2) is 0 Å². The van der Waals surface area contributed by atoms with E-state index in [2.05, 4.69) is 9.71 Å². The fourth-order valence-electron chi connectivity index (χ4n) is 4.06. The number of rotatable bonds is 4. The molecule has 0 spiro atoms. The van der Waals surface area contributed by atoms with E-state index in [4.69, 9.17) is 0 Å². The fourth-order valence-corrected chi connectivity index (χ4v) is 5.29. The largest absolute Gasteiger partial charge is 0.334 e. The van der Waals surface area contributed by atoms with Crippen LogP contribution in [0, 0.1) is 0 Å². The van der Waals surface area contributed by atoms with Crippen molar-refractivity contribution in [2.75, 3.05) is 11.3 Å². The number of anilines is 1. The van der Waals surface area contributed by atoms with E-state index in [1.807, 2.05) is 42.5 Å². The quantitative estimate of drug-likeness (QED) is 0.512. The highest BCUT2D eigenvalue weighted by Crippen LogP contribution is 2.27. The predicted molar refractivity (Wildman–Crippen MR) is 124 cm³/mol. The second kappa shape index (κ2) is 8.09. The Labute approximate surface area is 186 Å². The maximum absolute atomic E-state index is 13.1. The third kappa shape index (κ3) is 3.83.